The summed E-state index contributed by atoms with van der Waals surface area (Å²) in [5.74, 6) is 0. The second-order valence-corrected chi connectivity index (χ2v) is 3.63. The average molecular weight is 213 g/mol. The van der Waals surface area contributed by atoms with Crippen LogP contribution in [0, 0.1) is 0 Å². The molecule has 0 aliphatic heterocycles. The van der Waals surface area contributed by atoms with Gasteiger partial charge in [-0.05, 0) is 12.6 Å². The number of pyridine rings is 1. The van der Waals surface area contributed by atoms with Crippen LogP contribution in [0.4, 0.5) is 0 Å². The summed E-state index contributed by atoms with van der Waals surface area (Å²) in [4.78, 5) is 8.38. The lowest BCUT2D eigenvalue weighted by Crippen LogP contribution is -2.04. The van der Waals surface area contributed by atoms with Crippen LogP contribution < -0.4 is 5.73 Å². The summed E-state index contributed by atoms with van der Waals surface area (Å²) in [6.45, 7) is 0.601. The zero-order valence-corrected chi connectivity index (χ0v) is 8.67. The first-order chi connectivity index (χ1) is 7.90. The second kappa shape index (κ2) is 3.53. The maximum atomic E-state index is 5.57. The molecule has 5 nitrogen and oxygen atoms in total. The van der Waals surface area contributed by atoms with Gasteiger partial charge in [-0.25, -0.2) is 9.50 Å². The van der Waals surface area contributed by atoms with Gasteiger partial charge in [0, 0.05) is 29.6 Å². The minimum absolute atomic E-state index is 0.601. The highest BCUT2D eigenvalue weighted by Gasteiger charge is 2.07. The van der Waals surface area contributed by atoms with Crippen LogP contribution in [0.1, 0.15) is 5.69 Å². The Labute approximate surface area is 91.9 Å². The summed E-state index contributed by atoms with van der Waals surface area (Å²) in [6.07, 6.45) is 7.90. The van der Waals surface area contributed by atoms with Gasteiger partial charge in [0.05, 0.1) is 17.4 Å². The van der Waals surface area contributed by atoms with Crippen molar-refractivity contribution in [2.24, 2.45) is 5.73 Å². The van der Waals surface area contributed by atoms with Gasteiger partial charge in [0.1, 0.15) is 6.33 Å². The molecule has 0 atom stereocenters. The van der Waals surface area contributed by atoms with Crippen molar-refractivity contribution < 1.29 is 0 Å². The first-order valence-corrected chi connectivity index (χ1v) is 5.15. The summed E-state index contributed by atoms with van der Waals surface area (Å²) in [6, 6.07) is 1.98. The Balaban J connectivity index is 2.39. The average Bonchev–Trinajstić information content (AvgIpc) is 2.69. The summed E-state index contributed by atoms with van der Waals surface area (Å²) in [5, 5.41) is 6.40. The van der Waals surface area contributed by atoms with Gasteiger partial charge in [0.2, 0.25) is 0 Å². The third kappa shape index (κ3) is 1.25. The molecular weight excluding hydrogens is 202 g/mol. The molecule has 0 spiro atoms. The monoisotopic (exact) mass is 213 g/mol. The van der Waals surface area contributed by atoms with Crippen LogP contribution in [0.15, 0.2) is 31.0 Å². The maximum absolute atomic E-state index is 5.57. The van der Waals surface area contributed by atoms with Crippen LogP contribution in [-0.2, 0) is 6.42 Å². The number of hydrogen-bond donors (Lipinski definition) is 1. The molecule has 5 heteroatoms. The second-order valence-electron chi connectivity index (χ2n) is 3.63. The summed E-state index contributed by atoms with van der Waals surface area (Å²) in [5.41, 5.74) is 7.59. The fourth-order valence-corrected chi connectivity index (χ4v) is 1.95. The molecule has 16 heavy (non-hydrogen) atoms. The molecule has 0 aromatic carbocycles. The maximum Gasteiger partial charge on any atom is 0.136 e. The van der Waals surface area contributed by atoms with Crippen LogP contribution in [-0.4, -0.2) is 26.1 Å². The van der Waals surface area contributed by atoms with Gasteiger partial charge in [-0.1, -0.05) is 0 Å². The lowest BCUT2D eigenvalue weighted by Gasteiger charge is -1.98. The molecule has 0 saturated carbocycles. The lowest BCUT2D eigenvalue weighted by molar-refractivity contribution is 0.903. The van der Waals surface area contributed by atoms with Crippen LogP contribution >= 0.6 is 0 Å². The zero-order valence-electron chi connectivity index (χ0n) is 8.67. The smallest absolute Gasteiger partial charge is 0.136 e. The van der Waals surface area contributed by atoms with Crippen molar-refractivity contribution >= 4 is 16.3 Å². The molecule has 0 fully saturated rings. The van der Waals surface area contributed by atoms with E-state index in [1.165, 1.54) is 6.33 Å². The number of nitrogens with zero attached hydrogens (tertiary/aromatic N) is 4. The Morgan fingerprint density at radius 3 is 3.12 bits per heavy atom. The Kier molecular flexibility index (Phi) is 2.04. The van der Waals surface area contributed by atoms with E-state index in [0.717, 1.165) is 28.4 Å². The van der Waals surface area contributed by atoms with E-state index in [0.29, 0.717) is 6.54 Å². The highest BCUT2D eigenvalue weighted by Crippen LogP contribution is 2.22. The van der Waals surface area contributed by atoms with Crippen LogP contribution in [0.5, 0.6) is 0 Å². The van der Waals surface area contributed by atoms with E-state index in [1.807, 2.05) is 23.0 Å². The van der Waals surface area contributed by atoms with Crippen LogP contribution in [0.2, 0.25) is 0 Å². The van der Waals surface area contributed by atoms with E-state index in [4.69, 9.17) is 5.73 Å². The molecule has 2 N–H and O–H groups in total. The van der Waals surface area contributed by atoms with Crippen molar-refractivity contribution in [3.05, 3.63) is 36.7 Å². The number of nitrogens with two attached hydrogens (primary N) is 1. The van der Waals surface area contributed by atoms with Gasteiger partial charge in [-0.3, -0.25) is 4.98 Å². The third-order valence-electron chi connectivity index (χ3n) is 2.67. The normalized spacial score (nSPS) is 11.3. The number of aromatic nitrogens is 4. The molecule has 0 aliphatic rings. The molecule has 3 aromatic heterocycles. The third-order valence-corrected chi connectivity index (χ3v) is 2.67. The highest BCUT2D eigenvalue weighted by molar-refractivity contribution is 5.97. The molecule has 3 rings (SSSR count). The molecule has 3 heterocycles. The van der Waals surface area contributed by atoms with Gasteiger partial charge in [-0.2, -0.15) is 5.10 Å². The van der Waals surface area contributed by atoms with Crippen molar-refractivity contribution in [1.29, 1.82) is 0 Å². The van der Waals surface area contributed by atoms with Crippen LogP contribution in [0.3, 0.4) is 0 Å². The van der Waals surface area contributed by atoms with Gasteiger partial charge < -0.3 is 5.73 Å². The molecule has 0 aliphatic carbocycles. The predicted octanol–water partition coefficient (Wildman–Crippen LogP) is 0.779. The predicted molar refractivity (Wildman–Crippen MR) is 61.0 cm³/mol. The number of rotatable bonds is 2. The van der Waals surface area contributed by atoms with E-state index in [2.05, 4.69) is 15.1 Å². The topological polar surface area (TPSA) is 69.1 Å². The summed E-state index contributed by atoms with van der Waals surface area (Å²) >= 11 is 0. The first-order valence-electron chi connectivity index (χ1n) is 5.15. The fraction of sp³-hybridized carbons (Fsp3) is 0.182. The lowest BCUT2D eigenvalue weighted by atomic mass is 10.1. The van der Waals surface area contributed by atoms with E-state index < -0.39 is 0 Å². The van der Waals surface area contributed by atoms with Crippen molar-refractivity contribution in [3.63, 3.8) is 0 Å². The Bertz CT molecular complexity index is 643. The Morgan fingerprint density at radius 1 is 1.31 bits per heavy atom. The van der Waals surface area contributed by atoms with E-state index in [1.54, 1.807) is 6.20 Å². The molecule has 3 aromatic rings. The minimum Gasteiger partial charge on any atom is -0.330 e. The van der Waals surface area contributed by atoms with Gasteiger partial charge >= 0.3 is 0 Å². The zero-order chi connectivity index (χ0) is 11.0. The SMILES string of the molecule is NCCc1nccc2c1cn1ncncc21. The first kappa shape index (κ1) is 9.23. The van der Waals surface area contributed by atoms with E-state index in [-0.39, 0.29) is 0 Å². The Morgan fingerprint density at radius 2 is 2.25 bits per heavy atom. The van der Waals surface area contributed by atoms with E-state index >= 15 is 0 Å². The van der Waals surface area contributed by atoms with Crippen molar-refractivity contribution in [1.82, 2.24) is 19.6 Å². The van der Waals surface area contributed by atoms with Gasteiger partial charge in [-0.15, -0.1) is 0 Å². The molecule has 0 radical (unpaired) electrons. The van der Waals surface area contributed by atoms with Gasteiger partial charge in [0.25, 0.3) is 0 Å². The van der Waals surface area contributed by atoms with Crippen molar-refractivity contribution in [2.45, 2.75) is 6.42 Å². The highest BCUT2D eigenvalue weighted by atomic mass is 15.2. The number of hydrogen-bond acceptors (Lipinski definition) is 4. The molecule has 0 amide bonds. The van der Waals surface area contributed by atoms with Crippen molar-refractivity contribution in [2.75, 3.05) is 6.54 Å². The quantitative estimate of drug-likeness (QED) is 0.683. The fourth-order valence-electron chi connectivity index (χ4n) is 1.95. The standard InChI is InChI=1S/C11H11N5/c12-3-1-10-9-6-16-11(5-13-7-15-16)8(9)2-4-14-10/h2,4-7H,1,3,12H2. The Hall–Kier alpha value is -2.01. The summed E-state index contributed by atoms with van der Waals surface area (Å²) in [7, 11) is 0. The molecule has 0 unspecified atom stereocenters. The van der Waals surface area contributed by atoms with E-state index in [9.17, 15) is 0 Å². The summed E-state index contributed by atoms with van der Waals surface area (Å²) < 4.78 is 1.82. The molecule has 0 bridgehead atoms. The minimum atomic E-state index is 0.601. The van der Waals surface area contributed by atoms with Crippen molar-refractivity contribution in [3.8, 4) is 0 Å². The molecular formula is C11H11N5. The van der Waals surface area contributed by atoms with Crippen LogP contribution in [0.25, 0.3) is 16.3 Å². The molecule has 0 saturated heterocycles. The largest absolute Gasteiger partial charge is 0.330 e. The number of fused-ring (bicyclic) bond motifs is 3. The molecule has 80 valence electrons. The van der Waals surface area contributed by atoms with Gasteiger partial charge in [0.15, 0.2) is 0 Å².